The molecular formula is C20H22N2O5. The van der Waals surface area contributed by atoms with Gasteiger partial charge in [0, 0.05) is 37.1 Å². The zero-order chi connectivity index (χ0) is 19.2. The number of aromatic carboxylic acids is 1. The highest BCUT2D eigenvalue weighted by atomic mass is 16.5. The fourth-order valence-electron chi connectivity index (χ4n) is 2.99. The maximum atomic E-state index is 12.5. The third-order valence-electron chi connectivity index (χ3n) is 4.31. The molecular weight excluding hydrogens is 348 g/mol. The average molecular weight is 370 g/mol. The molecule has 1 aliphatic rings. The summed E-state index contributed by atoms with van der Waals surface area (Å²) in [5.74, 6) is -1.35. The van der Waals surface area contributed by atoms with E-state index in [0.29, 0.717) is 30.0 Å². The van der Waals surface area contributed by atoms with Crippen LogP contribution in [0.3, 0.4) is 0 Å². The average Bonchev–Trinajstić information content (AvgIpc) is 2.69. The van der Waals surface area contributed by atoms with E-state index in [9.17, 15) is 14.7 Å². The molecule has 2 aromatic carbocycles. The molecule has 0 atom stereocenters. The van der Waals surface area contributed by atoms with Crippen molar-refractivity contribution >= 4 is 23.3 Å². The quantitative estimate of drug-likeness (QED) is 0.813. The molecule has 0 bridgehead atoms. The van der Waals surface area contributed by atoms with Crippen molar-refractivity contribution in [1.82, 2.24) is 0 Å². The topological polar surface area (TPSA) is 88.1 Å². The van der Waals surface area contributed by atoms with Crippen LogP contribution in [0.25, 0.3) is 0 Å². The molecule has 0 spiro atoms. The number of benzene rings is 2. The molecule has 1 aliphatic heterocycles. The summed E-state index contributed by atoms with van der Waals surface area (Å²) >= 11 is 0. The second-order valence-electron chi connectivity index (χ2n) is 6.26. The Hall–Kier alpha value is -2.90. The lowest BCUT2D eigenvalue weighted by Crippen LogP contribution is -2.36. The first kappa shape index (κ1) is 18.9. The number of ether oxygens (including phenoxy) is 2. The number of methoxy groups -OCH3 is 1. The summed E-state index contributed by atoms with van der Waals surface area (Å²) in [5.41, 5.74) is 2.74. The third-order valence-corrected chi connectivity index (χ3v) is 4.31. The van der Waals surface area contributed by atoms with E-state index in [4.69, 9.17) is 9.47 Å². The number of hydrogen-bond donors (Lipinski definition) is 2. The number of nitrogens with one attached hydrogen (secondary N) is 1. The summed E-state index contributed by atoms with van der Waals surface area (Å²) in [5, 5.41) is 12.0. The van der Waals surface area contributed by atoms with Gasteiger partial charge in [-0.05, 0) is 48.0 Å². The minimum absolute atomic E-state index is 0.0996. The lowest BCUT2D eigenvalue weighted by Gasteiger charge is -2.28. The zero-order valence-corrected chi connectivity index (χ0v) is 15.1. The number of nitrogens with zero attached hydrogens (tertiary/aromatic N) is 1. The van der Waals surface area contributed by atoms with Crippen molar-refractivity contribution < 1.29 is 24.2 Å². The molecule has 27 heavy (non-hydrogen) atoms. The van der Waals surface area contributed by atoms with Gasteiger partial charge in [0.1, 0.15) is 0 Å². The molecule has 7 heteroatoms. The van der Waals surface area contributed by atoms with Crippen molar-refractivity contribution in [3.05, 3.63) is 59.2 Å². The summed E-state index contributed by atoms with van der Waals surface area (Å²) < 4.78 is 10.4. The zero-order valence-electron chi connectivity index (χ0n) is 15.1. The van der Waals surface area contributed by atoms with Crippen LogP contribution in [0.5, 0.6) is 0 Å². The molecule has 142 valence electrons. The van der Waals surface area contributed by atoms with Crippen LogP contribution >= 0.6 is 0 Å². The van der Waals surface area contributed by atoms with Gasteiger partial charge in [-0.1, -0.05) is 0 Å². The van der Waals surface area contributed by atoms with E-state index in [2.05, 4.69) is 10.2 Å². The van der Waals surface area contributed by atoms with Crippen molar-refractivity contribution in [2.24, 2.45) is 0 Å². The van der Waals surface area contributed by atoms with Gasteiger partial charge in [0.15, 0.2) is 0 Å². The van der Waals surface area contributed by atoms with E-state index < -0.39 is 5.97 Å². The highest BCUT2D eigenvalue weighted by Crippen LogP contribution is 2.20. The Morgan fingerprint density at radius 1 is 1.11 bits per heavy atom. The first-order chi connectivity index (χ1) is 13.1. The molecule has 1 saturated heterocycles. The van der Waals surface area contributed by atoms with Crippen LogP contribution in [0.2, 0.25) is 0 Å². The van der Waals surface area contributed by atoms with Gasteiger partial charge in [-0.2, -0.15) is 0 Å². The Labute approximate surface area is 157 Å². The van der Waals surface area contributed by atoms with Gasteiger partial charge < -0.3 is 24.8 Å². The number of hydrogen-bond acceptors (Lipinski definition) is 5. The van der Waals surface area contributed by atoms with Crippen LogP contribution in [-0.2, 0) is 16.1 Å². The van der Waals surface area contributed by atoms with E-state index in [0.717, 1.165) is 18.8 Å². The second-order valence-corrected chi connectivity index (χ2v) is 6.26. The van der Waals surface area contributed by atoms with E-state index in [1.54, 1.807) is 18.2 Å². The monoisotopic (exact) mass is 370 g/mol. The standard InChI is InChI=1S/C20H22N2O5/c1-26-13-14-10-16(20(24)25)12-17(11-14)21-19(23)15-2-4-18(5-3-15)22-6-8-27-9-7-22/h2-5,10-12H,6-9,13H2,1H3,(H,21,23)(H,24,25). The van der Waals surface area contributed by atoms with Crippen LogP contribution < -0.4 is 10.2 Å². The number of rotatable bonds is 6. The summed E-state index contributed by atoms with van der Waals surface area (Å²) in [7, 11) is 1.53. The molecule has 1 heterocycles. The number of carbonyl (C=O) groups excluding carboxylic acids is 1. The van der Waals surface area contributed by atoms with E-state index >= 15 is 0 Å². The first-order valence-corrected chi connectivity index (χ1v) is 8.67. The smallest absolute Gasteiger partial charge is 0.335 e. The van der Waals surface area contributed by atoms with Gasteiger partial charge >= 0.3 is 5.97 Å². The number of carboxylic acids is 1. The number of anilines is 2. The van der Waals surface area contributed by atoms with E-state index in [1.165, 1.54) is 19.2 Å². The van der Waals surface area contributed by atoms with Gasteiger partial charge in [-0.3, -0.25) is 4.79 Å². The van der Waals surface area contributed by atoms with Crippen molar-refractivity contribution in [1.29, 1.82) is 0 Å². The van der Waals surface area contributed by atoms with Crippen molar-refractivity contribution in [3.63, 3.8) is 0 Å². The normalized spacial score (nSPS) is 14.0. The molecule has 0 aromatic heterocycles. The Morgan fingerprint density at radius 2 is 1.81 bits per heavy atom. The molecule has 2 N–H and O–H groups in total. The number of carboxylic acid groups (broad SMARTS) is 1. The summed E-state index contributed by atoms with van der Waals surface area (Å²) in [4.78, 5) is 26.0. The molecule has 0 radical (unpaired) electrons. The van der Waals surface area contributed by atoms with Crippen LogP contribution in [-0.4, -0.2) is 50.4 Å². The highest BCUT2D eigenvalue weighted by molar-refractivity contribution is 6.05. The Kier molecular flexibility index (Phi) is 6.05. The fraction of sp³-hybridized carbons (Fsp3) is 0.300. The molecule has 1 fully saturated rings. The fourth-order valence-corrected chi connectivity index (χ4v) is 2.99. The Morgan fingerprint density at radius 3 is 2.44 bits per heavy atom. The summed E-state index contributed by atoms with van der Waals surface area (Å²) in [6, 6.07) is 12.0. The molecule has 2 aromatic rings. The van der Waals surface area contributed by atoms with Crippen LogP contribution in [0.15, 0.2) is 42.5 Å². The van der Waals surface area contributed by atoms with Gasteiger partial charge in [0.25, 0.3) is 5.91 Å². The van der Waals surface area contributed by atoms with Crippen molar-refractivity contribution in [2.45, 2.75) is 6.61 Å². The molecule has 3 rings (SSSR count). The Bertz CT molecular complexity index is 814. The van der Waals surface area contributed by atoms with Crippen molar-refractivity contribution in [2.75, 3.05) is 43.6 Å². The molecule has 7 nitrogen and oxygen atoms in total. The summed E-state index contributed by atoms with van der Waals surface area (Å²) in [6.07, 6.45) is 0. The third kappa shape index (κ3) is 4.84. The van der Waals surface area contributed by atoms with Gasteiger partial charge in [-0.15, -0.1) is 0 Å². The highest BCUT2D eigenvalue weighted by Gasteiger charge is 2.13. The number of morpholine rings is 1. The van der Waals surface area contributed by atoms with E-state index in [1.807, 2.05) is 12.1 Å². The maximum absolute atomic E-state index is 12.5. The number of amides is 1. The minimum Gasteiger partial charge on any atom is -0.478 e. The first-order valence-electron chi connectivity index (χ1n) is 8.67. The van der Waals surface area contributed by atoms with Crippen molar-refractivity contribution in [3.8, 4) is 0 Å². The van der Waals surface area contributed by atoms with Crippen LogP contribution in [0, 0.1) is 0 Å². The minimum atomic E-state index is -1.06. The molecule has 0 saturated carbocycles. The molecule has 1 amide bonds. The Balaban J connectivity index is 1.73. The van der Waals surface area contributed by atoms with Crippen LogP contribution in [0.1, 0.15) is 26.3 Å². The predicted octanol–water partition coefficient (Wildman–Crippen LogP) is 2.62. The van der Waals surface area contributed by atoms with Crippen LogP contribution in [0.4, 0.5) is 11.4 Å². The predicted molar refractivity (Wildman–Crippen MR) is 102 cm³/mol. The van der Waals surface area contributed by atoms with Gasteiger partial charge in [0.05, 0.1) is 25.4 Å². The second kappa shape index (κ2) is 8.66. The maximum Gasteiger partial charge on any atom is 0.335 e. The lowest BCUT2D eigenvalue weighted by molar-refractivity contribution is 0.0696. The molecule has 0 unspecified atom stereocenters. The van der Waals surface area contributed by atoms with Gasteiger partial charge in [-0.25, -0.2) is 4.79 Å². The number of carbonyl (C=O) groups is 2. The molecule has 0 aliphatic carbocycles. The SMILES string of the molecule is COCc1cc(NC(=O)c2ccc(N3CCOCC3)cc2)cc(C(=O)O)c1. The largest absolute Gasteiger partial charge is 0.478 e. The van der Waals surface area contributed by atoms with Gasteiger partial charge in [0.2, 0.25) is 0 Å². The summed E-state index contributed by atoms with van der Waals surface area (Å²) in [6.45, 7) is 3.32. The van der Waals surface area contributed by atoms with E-state index in [-0.39, 0.29) is 18.1 Å². The lowest BCUT2D eigenvalue weighted by atomic mass is 10.1.